The van der Waals surface area contributed by atoms with Gasteiger partial charge in [0, 0.05) is 13.1 Å². The van der Waals surface area contributed by atoms with Crippen LogP contribution in [0.3, 0.4) is 0 Å². The van der Waals surface area contributed by atoms with Gasteiger partial charge in [0.05, 0.1) is 10.5 Å². The molecule has 0 spiro atoms. The van der Waals surface area contributed by atoms with Crippen LogP contribution in [-0.4, -0.2) is 32.3 Å². The summed E-state index contributed by atoms with van der Waals surface area (Å²) in [4.78, 5) is 13.9. The number of hydrogen-bond acceptors (Lipinski definition) is 3. The highest BCUT2D eigenvalue weighted by molar-refractivity contribution is 7.89. The van der Waals surface area contributed by atoms with Crippen molar-refractivity contribution in [2.24, 2.45) is 5.14 Å². The number of carbonyl (C=O) groups is 1. The summed E-state index contributed by atoms with van der Waals surface area (Å²) in [6.45, 7) is 8.24. The number of rotatable bonds is 6. The molecule has 0 aromatic heterocycles. The monoisotopic (exact) mass is 296 g/mol. The Balaban J connectivity index is 3.32. The summed E-state index contributed by atoms with van der Waals surface area (Å²) in [6.07, 6.45) is 2.39. The number of hydrogen-bond donors (Lipinski definition) is 1. The van der Waals surface area contributed by atoms with Crippen molar-refractivity contribution in [1.29, 1.82) is 0 Å². The van der Waals surface area contributed by atoms with E-state index < -0.39 is 10.0 Å². The Hall–Kier alpha value is -1.66. The summed E-state index contributed by atoms with van der Waals surface area (Å²) in [5.74, 6) is -0.348. The number of amides is 1. The molecule has 0 aliphatic rings. The van der Waals surface area contributed by atoms with Crippen molar-refractivity contribution in [3.05, 3.63) is 42.0 Å². The Morgan fingerprint density at radius 1 is 1.45 bits per heavy atom. The summed E-state index contributed by atoms with van der Waals surface area (Å²) in [5, 5.41) is 5.17. The zero-order chi connectivity index (χ0) is 15.3. The van der Waals surface area contributed by atoms with Gasteiger partial charge in [0.2, 0.25) is 10.0 Å². The second-order valence-electron chi connectivity index (χ2n) is 4.58. The minimum Gasteiger partial charge on any atom is -0.335 e. The van der Waals surface area contributed by atoms with Gasteiger partial charge in [0.15, 0.2) is 0 Å². The maximum absolute atomic E-state index is 12.5. The van der Waals surface area contributed by atoms with Gasteiger partial charge in [-0.1, -0.05) is 24.6 Å². The lowest BCUT2D eigenvalue weighted by molar-refractivity contribution is 0.0770. The first-order valence-corrected chi connectivity index (χ1v) is 7.89. The third-order valence-corrected chi connectivity index (χ3v) is 3.77. The molecule has 1 aromatic rings. The number of nitrogens with zero attached hydrogens (tertiary/aromatic N) is 1. The molecule has 0 aliphatic heterocycles. The summed E-state index contributed by atoms with van der Waals surface area (Å²) >= 11 is 0. The molecule has 0 unspecified atom stereocenters. The minimum absolute atomic E-state index is 0.114. The molecule has 110 valence electrons. The van der Waals surface area contributed by atoms with E-state index in [9.17, 15) is 13.2 Å². The van der Waals surface area contributed by atoms with Crippen molar-refractivity contribution in [2.75, 3.05) is 13.1 Å². The summed E-state index contributed by atoms with van der Waals surface area (Å²) < 4.78 is 23.2. The largest absolute Gasteiger partial charge is 0.335 e. The lowest BCUT2D eigenvalue weighted by Gasteiger charge is -2.21. The smallest absolute Gasteiger partial charge is 0.255 e. The molecule has 0 atom stereocenters. The highest BCUT2D eigenvalue weighted by atomic mass is 32.2. The van der Waals surface area contributed by atoms with Crippen LogP contribution in [0.1, 0.15) is 29.3 Å². The van der Waals surface area contributed by atoms with Crippen molar-refractivity contribution < 1.29 is 13.2 Å². The number of primary sulfonamides is 1. The lowest BCUT2D eigenvalue weighted by Crippen LogP contribution is -2.33. The Morgan fingerprint density at radius 3 is 2.60 bits per heavy atom. The molecule has 1 amide bonds. The van der Waals surface area contributed by atoms with Crippen molar-refractivity contribution in [1.82, 2.24) is 4.90 Å². The molecule has 0 bridgehead atoms. The Bertz CT molecular complexity index is 609. The molecular formula is C14H20N2O3S. The van der Waals surface area contributed by atoms with E-state index in [0.29, 0.717) is 13.1 Å². The normalized spacial score (nSPS) is 11.2. The van der Waals surface area contributed by atoms with E-state index in [-0.39, 0.29) is 16.4 Å². The molecule has 1 rings (SSSR count). The van der Waals surface area contributed by atoms with Crippen LogP contribution < -0.4 is 5.14 Å². The van der Waals surface area contributed by atoms with Crippen LogP contribution in [0.5, 0.6) is 0 Å². The quantitative estimate of drug-likeness (QED) is 0.811. The van der Waals surface area contributed by atoms with E-state index in [1.165, 1.54) is 6.07 Å². The number of nitrogens with two attached hydrogens (primary N) is 1. The van der Waals surface area contributed by atoms with Crippen LogP contribution in [0.2, 0.25) is 0 Å². The van der Waals surface area contributed by atoms with Crippen LogP contribution in [-0.2, 0) is 10.0 Å². The third-order valence-electron chi connectivity index (χ3n) is 2.80. The molecule has 6 heteroatoms. The highest BCUT2D eigenvalue weighted by Gasteiger charge is 2.22. The second-order valence-corrected chi connectivity index (χ2v) is 6.11. The maximum Gasteiger partial charge on any atom is 0.255 e. The minimum atomic E-state index is -3.93. The molecule has 0 saturated heterocycles. The van der Waals surface area contributed by atoms with Crippen LogP contribution in [0.25, 0.3) is 0 Å². The van der Waals surface area contributed by atoms with E-state index in [4.69, 9.17) is 5.14 Å². The van der Waals surface area contributed by atoms with Gasteiger partial charge >= 0.3 is 0 Å². The van der Waals surface area contributed by atoms with Gasteiger partial charge in [0.25, 0.3) is 5.91 Å². The van der Waals surface area contributed by atoms with Gasteiger partial charge in [-0.05, 0) is 25.5 Å². The summed E-state index contributed by atoms with van der Waals surface area (Å²) in [5.41, 5.74) is 0.915. The van der Waals surface area contributed by atoms with E-state index in [1.54, 1.807) is 30.0 Å². The third kappa shape index (κ3) is 3.91. The molecular weight excluding hydrogens is 276 g/mol. The Labute approximate surface area is 120 Å². The first-order valence-electron chi connectivity index (χ1n) is 6.34. The highest BCUT2D eigenvalue weighted by Crippen LogP contribution is 2.18. The Morgan fingerprint density at radius 2 is 2.10 bits per heavy atom. The van der Waals surface area contributed by atoms with Gasteiger partial charge in [-0.2, -0.15) is 0 Å². The summed E-state index contributed by atoms with van der Waals surface area (Å²) in [6, 6.07) is 4.54. The van der Waals surface area contributed by atoms with Crippen LogP contribution >= 0.6 is 0 Å². The van der Waals surface area contributed by atoms with Crippen molar-refractivity contribution >= 4 is 15.9 Å². The fourth-order valence-electron chi connectivity index (χ4n) is 1.93. The van der Waals surface area contributed by atoms with Crippen molar-refractivity contribution in [2.45, 2.75) is 25.2 Å². The van der Waals surface area contributed by atoms with Crippen molar-refractivity contribution in [3.8, 4) is 0 Å². The fourth-order valence-corrected chi connectivity index (χ4v) is 2.64. The summed E-state index contributed by atoms with van der Waals surface area (Å²) in [7, 11) is -3.93. The molecule has 2 N–H and O–H groups in total. The fraction of sp³-hybridized carbons (Fsp3) is 0.357. The molecule has 1 aromatic carbocycles. The van der Waals surface area contributed by atoms with Crippen molar-refractivity contribution in [3.63, 3.8) is 0 Å². The first-order chi connectivity index (χ1) is 9.31. The van der Waals surface area contributed by atoms with Gasteiger partial charge in [-0.15, -0.1) is 6.58 Å². The molecule has 5 nitrogen and oxygen atoms in total. The van der Waals surface area contributed by atoms with Gasteiger partial charge < -0.3 is 4.90 Å². The van der Waals surface area contributed by atoms with Crippen LogP contribution in [0.15, 0.2) is 35.7 Å². The predicted molar refractivity (Wildman–Crippen MR) is 78.9 cm³/mol. The van der Waals surface area contributed by atoms with Gasteiger partial charge in [-0.25, -0.2) is 13.6 Å². The number of carbonyl (C=O) groups excluding carboxylic acids is 1. The zero-order valence-corrected chi connectivity index (χ0v) is 12.6. The Kier molecular flexibility index (Phi) is 5.47. The van der Waals surface area contributed by atoms with Crippen LogP contribution in [0.4, 0.5) is 0 Å². The van der Waals surface area contributed by atoms with E-state index in [0.717, 1.165) is 12.0 Å². The predicted octanol–water partition coefficient (Wildman–Crippen LogP) is 1.68. The topological polar surface area (TPSA) is 80.5 Å². The lowest BCUT2D eigenvalue weighted by atomic mass is 10.1. The molecule has 0 radical (unpaired) electrons. The number of aryl methyl sites for hydroxylation is 1. The number of benzene rings is 1. The van der Waals surface area contributed by atoms with E-state index >= 15 is 0 Å². The molecule has 0 saturated carbocycles. The zero-order valence-electron chi connectivity index (χ0n) is 11.8. The molecule has 20 heavy (non-hydrogen) atoms. The number of sulfonamides is 1. The van der Waals surface area contributed by atoms with E-state index in [1.807, 2.05) is 6.92 Å². The van der Waals surface area contributed by atoms with Gasteiger partial charge in [0.1, 0.15) is 0 Å². The average molecular weight is 296 g/mol. The molecule has 0 heterocycles. The molecule has 0 fully saturated rings. The first kappa shape index (κ1) is 16.4. The van der Waals surface area contributed by atoms with Gasteiger partial charge in [-0.3, -0.25) is 4.79 Å². The molecule has 0 aliphatic carbocycles. The van der Waals surface area contributed by atoms with Crippen LogP contribution in [0, 0.1) is 6.92 Å². The van der Waals surface area contributed by atoms with E-state index in [2.05, 4.69) is 6.58 Å². The SMILES string of the molecule is C=CCN(CCC)C(=O)c1cc(C)ccc1S(N)(=O)=O. The standard InChI is InChI=1S/C14H20N2O3S/c1-4-8-16(9-5-2)14(17)12-10-11(3)6-7-13(12)20(15,18)19/h4,6-7,10H,1,5,8-9H2,2-3H3,(H2,15,18,19). The average Bonchev–Trinajstić information content (AvgIpc) is 2.36. The maximum atomic E-state index is 12.5. The second kappa shape index (κ2) is 6.67.